The fourth-order valence-corrected chi connectivity index (χ4v) is 2.10. The summed E-state index contributed by atoms with van der Waals surface area (Å²) >= 11 is 5.99. The quantitative estimate of drug-likeness (QED) is 0.737. The van der Waals surface area contributed by atoms with E-state index in [2.05, 4.69) is 0 Å². The molecule has 1 aromatic carbocycles. The SMILES string of the molecule is COCC(O)CN(C)CC(=O)c1ccc(OC)c(Cl)c1. The maximum absolute atomic E-state index is 12.1. The highest BCUT2D eigenvalue weighted by molar-refractivity contribution is 6.32. The van der Waals surface area contributed by atoms with E-state index in [1.807, 2.05) is 0 Å². The molecule has 6 heteroatoms. The lowest BCUT2D eigenvalue weighted by Gasteiger charge is -2.19. The molecule has 0 aliphatic heterocycles. The van der Waals surface area contributed by atoms with Gasteiger partial charge < -0.3 is 14.6 Å². The van der Waals surface area contributed by atoms with E-state index in [9.17, 15) is 9.90 Å². The van der Waals surface area contributed by atoms with Gasteiger partial charge in [0.15, 0.2) is 5.78 Å². The fraction of sp³-hybridized carbons (Fsp3) is 0.500. The molecule has 0 bridgehead atoms. The molecule has 0 spiro atoms. The average Bonchev–Trinajstić information content (AvgIpc) is 2.38. The van der Waals surface area contributed by atoms with Crippen molar-refractivity contribution in [1.82, 2.24) is 4.90 Å². The zero-order valence-electron chi connectivity index (χ0n) is 11.9. The highest BCUT2D eigenvalue weighted by Crippen LogP contribution is 2.25. The van der Waals surface area contributed by atoms with Crippen molar-refractivity contribution in [2.75, 3.05) is 41.0 Å². The van der Waals surface area contributed by atoms with Crippen LogP contribution in [0.3, 0.4) is 0 Å². The van der Waals surface area contributed by atoms with Gasteiger partial charge in [0.1, 0.15) is 5.75 Å². The molecule has 0 heterocycles. The predicted molar refractivity (Wildman–Crippen MR) is 77.7 cm³/mol. The molecule has 20 heavy (non-hydrogen) atoms. The zero-order valence-corrected chi connectivity index (χ0v) is 12.7. The molecule has 1 aromatic rings. The van der Waals surface area contributed by atoms with Gasteiger partial charge in [0.05, 0.1) is 31.4 Å². The van der Waals surface area contributed by atoms with E-state index in [0.717, 1.165) is 0 Å². The average molecular weight is 302 g/mol. The van der Waals surface area contributed by atoms with Gasteiger partial charge in [-0.05, 0) is 25.2 Å². The summed E-state index contributed by atoms with van der Waals surface area (Å²) in [6.07, 6.45) is -0.614. The predicted octanol–water partition coefficient (Wildman–Crippen LogP) is 1.47. The minimum absolute atomic E-state index is 0.0679. The Kier molecular flexibility index (Phi) is 6.95. The summed E-state index contributed by atoms with van der Waals surface area (Å²) in [5, 5.41) is 10.0. The van der Waals surface area contributed by atoms with Crippen molar-refractivity contribution in [2.24, 2.45) is 0 Å². The van der Waals surface area contributed by atoms with Gasteiger partial charge in [0.2, 0.25) is 0 Å². The maximum atomic E-state index is 12.1. The highest BCUT2D eigenvalue weighted by Gasteiger charge is 2.14. The fourth-order valence-electron chi connectivity index (χ4n) is 1.85. The van der Waals surface area contributed by atoms with Crippen LogP contribution < -0.4 is 4.74 Å². The van der Waals surface area contributed by atoms with Crippen LogP contribution in [0.4, 0.5) is 0 Å². The van der Waals surface area contributed by atoms with Crippen LogP contribution in [0.1, 0.15) is 10.4 Å². The van der Waals surface area contributed by atoms with Gasteiger partial charge in [-0.15, -0.1) is 0 Å². The Labute approximate surface area is 124 Å². The molecule has 0 aromatic heterocycles. The van der Waals surface area contributed by atoms with E-state index in [1.54, 1.807) is 30.1 Å². The van der Waals surface area contributed by atoms with Gasteiger partial charge in [-0.3, -0.25) is 9.69 Å². The second kappa shape index (κ2) is 8.21. The Morgan fingerprint density at radius 3 is 2.70 bits per heavy atom. The van der Waals surface area contributed by atoms with Gasteiger partial charge in [0, 0.05) is 19.2 Å². The summed E-state index contributed by atoms with van der Waals surface area (Å²) in [6.45, 7) is 0.805. The molecule has 5 nitrogen and oxygen atoms in total. The largest absolute Gasteiger partial charge is 0.495 e. The number of hydrogen-bond donors (Lipinski definition) is 1. The molecular formula is C14H20ClNO4. The van der Waals surface area contributed by atoms with Crippen molar-refractivity contribution in [3.8, 4) is 5.75 Å². The molecular weight excluding hydrogens is 282 g/mol. The Morgan fingerprint density at radius 1 is 1.45 bits per heavy atom. The molecule has 0 saturated heterocycles. The summed E-state index contributed by atoms with van der Waals surface area (Å²) in [7, 11) is 4.81. The first kappa shape index (κ1) is 16.9. The molecule has 1 rings (SSSR count). The third-order valence-electron chi connectivity index (χ3n) is 2.77. The van der Waals surface area contributed by atoms with Crippen molar-refractivity contribution in [3.63, 3.8) is 0 Å². The molecule has 0 amide bonds. The molecule has 0 fully saturated rings. The van der Waals surface area contributed by atoms with Crippen LogP contribution in [0, 0.1) is 0 Å². The monoisotopic (exact) mass is 301 g/mol. The summed E-state index contributed by atoms with van der Waals surface area (Å²) in [4.78, 5) is 13.8. The van der Waals surface area contributed by atoms with Crippen LogP contribution in [0.25, 0.3) is 0 Å². The van der Waals surface area contributed by atoms with Gasteiger partial charge >= 0.3 is 0 Å². The van der Waals surface area contributed by atoms with Crippen LogP contribution in [-0.4, -0.2) is 62.9 Å². The number of ether oxygens (including phenoxy) is 2. The number of aliphatic hydroxyl groups excluding tert-OH is 1. The third-order valence-corrected chi connectivity index (χ3v) is 3.06. The second-order valence-electron chi connectivity index (χ2n) is 4.58. The maximum Gasteiger partial charge on any atom is 0.176 e. The summed E-state index contributed by atoms with van der Waals surface area (Å²) in [5.41, 5.74) is 0.517. The number of ketones is 1. The first-order valence-electron chi connectivity index (χ1n) is 6.20. The number of carbonyl (C=O) groups excluding carboxylic acids is 1. The van der Waals surface area contributed by atoms with Crippen molar-refractivity contribution < 1.29 is 19.4 Å². The van der Waals surface area contributed by atoms with Crippen molar-refractivity contribution >= 4 is 17.4 Å². The molecule has 0 aliphatic carbocycles. The standard InChI is InChI=1S/C14H20ClNO4/c1-16(7-11(17)9-19-2)8-13(18)10-4-5-14(20-3)12(15)6-10/h4-6,11,17H,7-9H2,1-3H3. The van der Waals surface area contributed by atoms with Gasteiger partial charge in [-0.1, -0.05) is 11.6 Å². The number of nitrogens with zero attached hydrogens (tertiary/aromatic N) is 1. The van der Waals surface area contributed by atoms with E-state index in [4.69, 9.17) is 21.1 Å². The Bertz CT molecular complexity index is 453. The highest BCUT2D eigenvalue weighted by atomic mass is 35.5. The van der Waals surface area contributed by atoms with E-state index >= 15 is 0 Å². The van der Waals surface area contributed by atoms with Crippen molar-refractivity contribution in [1.29, 1.82) is 0 Å². The van der Waals surface area contributed by atoms with E-state index in [0.29, 0.717) is 22.9 Å². The molecule has 1 N–H and O–H groups in total. The number of likely N-dealkylation sites (N-methyl/N-ethyl adjacent to an activating group) is 1. The van der Waals surface area contributed by atoms with Crippen LogP contribution in [-0.2, 0) is 4.74 Å². The number of methoxy groups -OCH3 is 2. The summed E-state index contributed by atoms with van der Waals surface area (Å²) in [5.74, 6) is 0.466. The number of rotatable bonds is 8. The van der Waals surface area contributed by atoms with Gasteiger partial charge in [0.25, 0.3) is 0 Å². The second-order valence-corrected chi connectivity index (χ2v) is 4.99. The molecule has 0 saturated carbocycles. The normalized spacial score (nSPS) is 12.5. The van der Waals surface area contributed by atoms with Crippen LogP contribution in [0.2, 0.25) is 5.02 Å². The molecule has 112 valence electrons. The Morgan fingerprint density at radius 2 is 2.15 bits per heavy atom. The minimum Gasteiger partial charge on any atom is -0.495 e. The number of hydrogen-bond acceptors (Lipinski definition) is 5. The number of halogens is 1. The zero-order chi connectivity index (χ0) is 15.1. The lowest BCUT2D eigenvalue weighted by Crippen LogP contribution is -2.35. The Hall–Kier alpha value is -1.14. The number of Topliss-reactive ketones (excluding diaryl/α,β-unsaturated/α-hetero) is 1. The van der Waals surface area contributed by atoms with E-state index < -0.39 is 6.10 Å². The molecule has 1 unspecified atom stereocenters. The summed E-state index contributed by atoms with van der Waals surface area (Å²) < 4.78 is 9.88. The number of carbonyl (C=O) groups is 1. The van der Waals surface area contributed by atoms with Gasteiger partial charge in [-0.25, -0.2) is 0 Å². The number of aliphatic hydroxyl groups is 1. The lowest BCUT2D eigenvalue weighted by atomic mass is 10.1. The lowest BCUT2D eigenvalue weighted by molar-refractivity contribution is 0.0427. The van der Waals surface area contributed by atoms with E-state index in [1.165, 1.54) is 14.2 Å². The smallest absolute Gasteiger partial charge is 0.176 e. The Balaban J connectivity index is 2.60. The van der Waals surface area contributed by atoms with Crippen molar-refractivity contribution in [2.45, 2.75) is 6.10 Å². The van der Waals surface area contributed by atoms with Crippen molar-refractivity contribution in [3.05, 3.63) is 28.8 Å². The topological polar surface area (TPSA) is 59.0 Å². The van der Waals surface area contributed by atoms with Gasteiger partial charge in [-0.2, -0.15) is 0 Å². The number of benzene rings is 1. The molecule has 0 aliphatic rings. The molecule has 0 radical (unpaired) electrons. The first-order chi connectivity index (χ1) is 9.47. The van der Waals surface area contributed by atoms with Crippen LogP contribution >= 0.6 is 11.6 Å². The minimum atomic E-state index is -0.614. The summed E-state index contributed by atoms with van der Waals surface area (Å²) in [6, 6.07) is 4.92. The van der Waals surface area contributed by atoms with E-state index in [-0.39, 0.29) is 18.9 Å². The van der Waals surface area contributed by atoms with Crippen LogP contribution in [0.5, 0.6) is 5.75 Å². The van der Waals surface area contributed by atoms with Crippen LogP contribution in [0.15, 0.2) is 18.2 Å². The third kappa shape index (κ3) is 5.09. The molecule has 1 atom stereocenters. The first-order valence-corrected chi connectivity index (χ1v) is 6.58.